The summed E-state index contributed by atoms with van der Waals surface area (Å²) in [6.07, 6.45) is 1.31. The monoisotopic (exact) mass is 633 g/mol. The number of rotatable bonds is 9. The molecule has 0 fully saturated rings. The molecular weight excluding hydrogens is 606 g/mol. The molecule has 1 aliphatic heterocycles. The molecule has 0 spiro atoms. The van der Waals surface area contributed by atoms with Crippen LogP contribution >= 0.6 is 22.9 Å². The number of nitrogens with zero attached hydrogens (tertiary/aromatic N) is 3. The summed E-state index contributed by atoms with van der Waals surface area (Å²) in [6.45, 7) is 5.39. The summed E-state index contributed by atoms with van der Waals surface area (Å²) in [6, 6.07) is 17.5. The van der Waals surface area contributed by atoms with Crippen molar-refractivity contribution in [1.82, 2.24) is 4.57 Å². The number of ether oxygens (including phenoxy) is 3. The van der Waals surface area contributed by atoms with Crippen LogP contribution in [-0.2, 0) is 16.1 Å². The SMILES string of the molecule is COc1ccc(C2C(C(=O)OC(C)C)=C(C)N=c3sc(=Cc4cc(Cl)ccc4OCc4ccc([N+](=O)[O-])cc4)c(=O)n32)cc1. The zero-order chi connectivity index (χ0) is 31.5. The first-order chi connectivity index (χ1) is 21.0. The van der Waals surface area contributed by atoms with Gasteiger partial charge in [-0.2, -0.15) is 0 Å². The zero-order valence-corrected chi connectivity index (χ0v) is 25.8. The number of methoxy groups -OCH3 is 1. The van der Waals surface area contributed by atoms with Crippen LogP contribution in [0.5, 0.6) is 11.5 Å². The molecular formula is C32H28ClN3O7S. The number of nitro groups is 1. The highest BCUT2D eigenvalue weighted by molar-refractivity contribution is 7.07. The quantitative estimate of drug-likeness (QED) is 0.139. The maximum Gasteiger partial charge on any atom is 0.338 e. The largest absolute Gasteiger partial charge is 0.497 e. The second-order valence-corrected chi connectivity index (χ2v) is 11.6. The van der Waals surface area contributed by atoms with Gasteiger partial charge < -0.3 is 14.2 Å². The van der Waals surface area contributed by atoms with Crippen molar-refractivity contribution in [3.8, 4) is 11.5 Å². The van der Waals surface area contributed by atoms with Gasteiger partial charge in [-0.25, -0.2) is 9.79 Å². The minimum Gasteiger partial charge on any atom is -0.497 e. The number of nitro benzene ring substituents is 1. The third-order valence-corrected chi connectivity index (χ3v) is 8.03. The Kier molecular flexibility index (Phi) is 8.98. The van der Waals surface area contributed by atoms with E-state index in [1.165, 1.54) is 28.0 Å². The lowest BCUT2D eigenvalue weighted by Crippen LogP contribution is -2.40. The Hall–Kier alpha value is -4.74. The normalized spacial score (nSPS) is 14.7. The van der Waals surface area contributed by atoms with Gasteiger partial charge >= 0.3 is 5.97 Å². The predicted molar refractivity (Wildman–Crippen MR) is 167 cm³/mol. The van der Waals surface area contributed by atoms with Crippen LogP contribution in [0.4, 0.5) is 5.69 Å². The number of esters is 1. The number of benzene rings is 3. The molecule has 0 bridgehead atoms. The summed E-state index contributed by atoms with van der Waals surface area (Å²) in [4.78, 5) is 42.9. The third kappa shape index (κ3) is 6.43. The van der Waals surface area contributed by atoms with Crippen LogP contribution in [0, 0.1) is 10.1 Å². The van der Waals surface area contributed by atoms with E-state index in [9.17, 15) is 19.7 Å². The van der Waals surface area contributed by atoms with E-state index in [0.717, 1.165) is 5.56 Å². The minimum absolute atomic E-state index is 0.0138. The van der Waals surface area contributed by atoms with Gasteiger partial charge in [-0.1, -0.05) is 35.1 Å². The zero-order valence-electron chi connectivity index (χ0n) is 24.3. The lowest BCUT2D eigenvalue weighted by atomic mass is 9.96. The van der Waals surface area contributed by atoms with Crippen molar-refractivity contribution in [3.05, 3.63) is 130 Å². The molecule has 44 heavy (non-hydrogen) atoms. The smallest absolute Gasteiger partial charge is 0.338 e. The van der Waals surface area contributed by atoms with Gasteiger partial charge in [-0.3, -0.25) is 19.5 Å². The minimum atomic E-state index is -0.775. The van der Waals surface area contributed by atoms with Crippen molar-refractivity contribution < 1.29 is 23.9 Å². The average Bonchev–Trinajstić information content (AvgIpc) is 3.29. The van der Waals surface area contributed by atoms with E-state index in [-0.39, 0.29) is 29.5 Å². The Labute approximate surface area is 261 Å². The highest BCUT2D eigenvalue weighted by atomic mass is 35.5. The topological polar surface area (TPSA) is 122 Å². The maximum absolute atomic E-state index is 14.0. The van der Waals surface area contributed by atoms with Gasteiger partial charge in [-0.15, -0.1) is 0 Å². The second kappa shape index (κ2) is 12.9. The van der Waals surface area contributed by atoms with E-state index >= 15 is 0 Å². The Balaban J connectivity index is 1.58. The predicted octanol–water partition coefficient (Wildman–Crippen LogP) is 5.34. The van der Waals surface area contributed by atoms with Crippen molar-refractivity contribution in [2.75, 3.05) is 7.11 Å². The van der Waals surface area contributed by atoms with Crippen molar-refractivity contribution in [1.29, 1.82) is 0 Å². The van der Waals surface area contributed by atoms with Gasteiger partial charge in [0.15, 0.2) is 4.80 Å². The second-order valence-electron chi connectivity index (χ2n) is 10.2. The fourth-order valence-electron chi connectivity index (χ4n) is 4.74. The van der Waals surface area contributed by atoms with Crippen LogP contribution in [-0.4, -0.2) is 28.7 Å². The fraction of sp³-hybridized carbons (Fsp3) is 0.219. The number of hydrogen-bond acceptors (Lipinski definition) is 9. The number of fused-ring (bicyclic) bond motifs is 1. The molecule has 5 rings (SSSR count). The summed E-state index contributed by atoms with van der Waals surface area (Å²) in [5.41, 5.74) is 2.35. The van der Waals surface area contributed by atoms with Crippen molar-refractivity contribution in [2.45, 2.75) is 39.5 Å². The van der Waals surface area contributed by atoms with Crippen LogP contribution in [0.3, 0.4) is 0 Å². The Morgan fingerprint density at radius 1 is 1.14 bits per heavy atom. The molecule has 2 heterocycles. The first-order valence-corrected chi connectivity index (χ1v) is 14.8. The van der Waals surface area contributed by atoms with Gasteiger partial charge in [0.2, 0.25) is 0 Å². The number of hydrogen-bond donors (Lipinski definition) is 0. The Morgan fingerprint density at radius 3 is 2.48 bits per heavy atom. The number of thiazole rings is 1. The first-order valence-electron chi connectivity index (χ1n) is 13.6. The Bertz CT molecular complexity index is 1950. The molecule has 1 atom stereocenters. The molecule has 0 saturated carbocycles. The summed E-state index contributed by atoms with van der Waals surface area (Å²) in [5, 5.41) is 11.4. The summed E-state index contributed by atoms with van der Waals surface area (Å²) in [7, 11) is 1.56. The van der Waals surface area contributed by atoms with E-state index < -0.39 is 16.9 Å². The highest BCUT2D eigenvalue weighted by Gasteiger charge is 2.33. The first kappa shape index (κ1) is 30.7. The van der Waals surface area contributed by atoms with Gasteiger partial charge in [0.25, 0.3) is 11.2 Å². The molecule has 4 aromatic rings. The average molecular weight is 634 g/mol. The molecule has 0 aliphatic carbocycles. The number of non-ortho nitro benzene ring substituents is 1. The van der Waals surface area contributed by atoms with Crippen LogP contribution in [0.15, 0.2) is 87.8 Å². The van der Waals surface area contributed by atoms with Crippen LogP contribution in [0.2, 0.25) is 5.02 Å². The van der Waals surface area contributed by atoms with Crippen LogP contribution < -0.4 is 24.4 Å². The fourth-order valence-corrected chi connectivity index (χ4v) is 5.96. The van der Waals surface area contributed by atoms with Gasteiger partial charge in [0.1, 0.15) is 18.1 Å². The van der Waals surface area contributed by atoms with E-state index in [4.69, 9.17) is 25.8 Å². The molecule has 10 nitrogen and oxygen atoms in total. The molecule has 1 unspecified atom stereocenters. The van der Waals surface area contributed by atoms with Crippen molar-refractivity contribution in [2.24, 2.45) is 4.99 Å². The standard InChI is InChI=1S/C32H28ClN3O7S/c1-18(2)43-31(38)28-19(3)34-32-35(29(28)21-7-12-25(41-4)13-8-21)30(37)27(44-32)16-22-15-23(33)9-14-26(22)42-17-20-5-10-24(11-6-20)36(39)40/h5-16,18,29H,17H2,1-4H3. The molecule has 0 radical (unpaired) electrons. The summed E-state index contributed by atoms with van der Waals surface area (Å²) < 4.78 is 18.8. The summed E-state index contributed by atoms with van der Waals surface area (Å²) >= 11 is 7.51. The lowest BCUT2D eigenvalue weighted by molar-refractivity contribution is -0.384. The van der Waals surface area contributed by atoms with E-state index in [1.807, 2.05) is 12.1 Å². The molecule has 3 aromatic carbocycles. The molecule has 0 N–H and O–H groups in total. The number of aromatic nitrogens is 1. The molecule has 12 heteroatoms. The number of halogens is 1. The number of carbonyl (C=O) groups excluding carboxylic acids is 1. The molecule has 226 valence electrons. The molecule has 0 saturated heterocycles. The van der Waals surface area contributed by atoms with Crippen molar-refractivity contribution in [3.63, 3.8) is 0 Å². The summed E-state index contributed by atoms with van der Waals surface area (Å²) in [5.74, 6) is 0.547. The third-order valence-electron chi connectivity index (χ3n) is 6.82. The highest BCUT2D eigenvalue weighted by Crippen LogP contribution is 2.32. The van der Waals surface area contributed by atoms with Crippen LogP contribution in [0.25, 0.3) is 6.08 Å². The van der Waals surface area contributed by atoms with Gasteiger partial charge in [0.05, 0.1) is 40.0 Å². The van der Waals surface area contributed by atoms with Crippen LogP contribution in [0.1, 0.15) is 43.5 Å². The molecule has 1 aliphatic rings. The van der Waals surface area contributed by atoms with Crippen molar-refractivity contribution >= 4 is 40.7 Å². The Morgan fingerprint density at radius 2 is 1.84 bits per heavy atom. The number of allylic oxidation sites excluding steroid dienone is 1. The lowest BCUT2D eigenvalue weighted by Gasteiger charge is -2.25. The molecule has 1 aromatic heterocycles. The van der Waals surface area contributed by atoms with Gasteiger partial charge in [-0.05, 0) is 80.4 Å². The van der Waals surface area contributed by atoms with E-state index in [2.05, 4.69) is 4.99 Å². The number of carbonyl (C=O) groups is 1. The maximum atomic E-state index is 14.0. The van der Waals surface area contributed by atoms with E-state index in [1.54, 1.807) is 76.4 Å². The van der Waals surface area contributed by atoms with E-state index in [0.29, 0.717) is 42.7 Å². The molecule has 0 amide bonds. The van der Waals surface area contributed by atoms with Gasteiger partial charge in [0, 0.05) is 22.7 Å².